The largest absolute Gasteiger partial charge is 0.461 e. The van der Waals surface area contributed by atoms with Crippen LogP contribution in [0, 0.1) is 0 Å². The fourth-order valence-electron chi connectivity index (χ4n) is 0.899. The molecular weight excluding hydrogens is 229 g/mol. The molecule has 2 aromatic heterocycles. The van der Waals surface area contributed by atoms with E-state index in [0.29, 0.717) is 10.7 Å². The monoisotopic (exact) mass is 231 g/mol. The fourth-order valence-corrected chi connectivity index (χ4v) is 1.51. The molecule has 0 atom stereocenters. The normalized spacial score (nSPS) is 10.7. The molecule has 0 spiro atoms. The number of halogens is 2. The predicted molar refractivity (Wildman–Crippen MR) is 46.7 cm³/mol. The molecule has 0 aliphatic carbocycles. The van der Waals surface area contributed by atoms with E-state index in [1.807, 2.05) is 6.07 Å². The van der Waals surface area contributed by atoms with Gasteiger partial charge in [-0.05, 0) is 22.0 Å². The highest BCUT2D eigenvalue weighted by Crippen LogP contribution is 2.28. The molecule has 0 bridgehead atoms. The topological polar surface area (TPSA) is 26.0 Å². The molecule has 0 saturated carbocycles. The zero-order valence-corrected chi connectivity index (χ0v) is 7.69. The van der Waals surface area contributed by atoms with Crippen molar-refractivity contribution in [2.24, 2.45) is 0 Å². The second-order valence-corrected chi connectivity index (χ2v) is 3.27. The van der Waals surface area contributed by atoms with Crippen LogP contribution in [0.3, 0.4) is 0 Å². The lowest BCUT2D eigenvalue weighted by atomic mass is 10.3. The Hall–Kier alpha value is -0.540. The molecule has 2 rings (SSSR count). The Bertz CT molecular complexity index is 362. The first kappa shape index (κ1) is 7.13. The Morgan fingerprint density at radius 1 is 1.55 bits per heavy atom. The van der Waals surface area contributed by atoms with Gasteiger partial charge in [-0.1, -0.05) is 11.6 Å². The summed E-state index contributed by atoms with van der Waals surface area (Å²) in [5.74, 6) is 0. The number of pyridine rings is 1. The van der Waals surface area contributed by atoms with Gasteiger partial charge in [0.25, 0.3) is 0 Å². The number of hydrogen-bond acceptors (Lipinski definition) is 2. The van der Waals surface area contributed by atoms with Crippen molar-refractivity contribution in [2.45, 2.75) is 0 Å². The Kier molecular flexibility index (Phi) is 1.62. The van der Waals surface area contributed by atoms with Crippen LogP contribution in [0.15, 0.2) is 27.4 Å². The molecule has 0 aliphatic rings. The summed E-state index contributed by atoms with van der Waals surface area (Å²) in [6.07, 6.45) is 3.24. The van der Waals surface area contributed by atoms with E-state index in [0.717, 1.165) is 9.86 Å². The molecule has 0 saturated heterocycles. The van der Waals surface area contributed by atoms with Crippen molar-refractivity contribution >= 4 is 38.5 Å². The maximum Gasteiger partial charge on any atom is 0.172 e. The first-order valence-corrected chi connectivity index (χ1v) is 4.13. The number of aromatic nitrogens is 1. The summed E-state index contributed by atoms with van der Waals surface area (Å²) >= 11 is 9.07. The molecule has 0 fully saturated rings. The Balaban J connectivity index is 2.96. The molecule has 0 unspecified atom stereocenters. The van der Waals surface area contributed by atoms with Gasteiger partial charge < -0.3 is 4.42 Å². The first-order valence-electron chi connectivity index (χ1n) is 2.96. The van der Waals surface area contributed by atoms with Crippen LogP contribution >= 0.6 is 27.5 Å². The predicted octanol–water partition coefficient (Wildman–Crippen LogP) is 3.24. The first-order chi connectivity index (χ1) is 5.29. The lowest BCUT2D eigenvalue weighted by Crippen LogP contribution is -1.75. The second-order valence-electron chi connectivity index (χ2n) is 2.06. The van der Waals surface area contributed by atoms with E-state index in [1.54, 1.807) is 12.5 Å². The van der Waals surface area contributed by atoms with Crippen molar-refractivity contribution in [3.8, 4) is 0 Å². The highest BCUT2D eigenvalue weighted by molar-refractivity contribution is 9.10. The highest BCUT2D eigenvalue weighted by Gasteiger charge is 2.05. The van der Waals surface area contributed by atoms with Crippen LogP contribution in [0.4, 0.5) is 0 Å². The molecule has 0 aliphatic heterocycles. The van der Waals surface area contributed by atoms with Gasteiger partial charge in [-0.3, -0.25) is 0 Å². The molecule has 11 heavy (non-hydrogen) atoms. The fraction of sp³-hybridized carbons (Fsp3) is 0. The molecular formula is C7H3BrClNO. The van der Waals surface area contributed by atoms with Gasteiger partial charge in [-0.15, -0.1) is 0 Å². The second kappa shape index (κ2) is 2.50. The van der Waals surface area contributed by atoms with E-state index >= 15 is 0 Å². The summed E-state index contributed by atoms with van der Waals surface area (Å²) in [6.45, 7) is 0. The molecule has 0 amide bonds. The standard InChI is InChI=1S/C7H3BrClNO/c8-5-3-10-7(9)6-4(5)1-2-11-6/h1-3H. The summed E-state index contributed by atoms with van der Waals surface area (Å²) in [6, 6.07) is 1.84. The van der Waals surface area contributed by atoms with Gasteiger partial charge in [0, 0.05) is 16.1 Å². The zero-order chi connectivity index (χ0) is 7.84. The van der Waals surface area contributed by atoms with Crippen LogP contribution < -0.4 is 0 Å². The third kappa shape index (κ3) is 1.04. The van der Waals surface area contributed by atoms with Crippen LogP contribution in [-0.2, 0) is 0 Å². The molecule has 0 aromatic carbocycles. The summed E-state index contributed by atoms with van der Waals surface area (Å²) in [7, 11) is 0. The molecule has 2 heterocycles. The maximum absolute atomic E-state index is 5.74. The molecule has 0 radical (unpaired) electrons. The third-order valence-corrected chi connectivity index (χ3v) is 2.30. The highest BCUT2D eigenvalue weighted by atomic mass is 79.9. The van der Waals surface area contributed by atoms with E-state index in [9.17, 15) is 0 Å². The summed E-state index contributed by atoms with van der Waals surface area (Å²) in [4.78, 5) is 3.90. The summed E-state index contributed by atoms with van der Waals surface area (Å²) in [5.41, 5.74) is 0.626. The number of rotatable bonds is 0. The quantitative estimate of drug-likeness (QED) is 0.652. The molecule has 0 N–H and O–H groups in total. The number of fused-ring (bicyclic) bond motifs is 1. The third-order valence-electron chi connectivity index (χ3n) is 1.40. The van der Waals surface area contributed by atoms with Gasteiger partial charge in [0.2, 0.25) is 0 Å². The van der Waals surface area contributed by atoms with Gasteiger partial charge in [0.1, 0.15) is 0 Å². The van der Waals surface area contributed by atoms with Crippen LogP contribution in [0.5, 0.6) is 0 Å². The molecule has 2 aromatic rings. The van der Waals surface area contributed by atoms with Crippen molar-refractivity contribution in [3.05, 3.63) is 28.2 Å². The lowest BCUT2D eigenvalue weighted by Gasteiger charge is -1.92. The van der Waals surface area contributed by atoms with Gasteiger partial charge in [-0.2, -0.15) is 0 Å². The smallest absolute Gasteiger partial charge is 0.172 e. The van der Waals surface area contributed by atoms with Crippen molar-refractivity contribution in [3.63, 3.8) is 0 Å². The van der Waals surface area contributed by atoms with Gasteiger partial charge in [0.05, 0.1) is 6.26 Å². The summed E-state index contributed by atoms with van der Waals surface area (Å²) in [5, 5.41) is 1.35. The van der Waals surface area contributed by atoms with Crippen molar-refractivity contribution in [1.82, 2.24) is 4.98 Å². The maximum atomic E-state index is 5.74. The van der Waals surface area contributed by atoms with E-state index in [-0.39, 0.29) is 0 Å². The Labute approximate surface area is 76.3 Å². The van der Waals surface area contributed by atoms with Crippen LogP contribution in [0.25, 0.3) is 11.0 Å². The van der Waals surface area contributed by atoms with Crippen LogP contribution in [0.2, 0.25) is 5.15 Å². The number of hydrogen-bond donors (Lipinski definition) is 0. The average Bonchev–Trinajstić information content (AvgIpc) is 2.45. The van der Waals surface area contributed by atoms with E-state index in [1.165, 1.54) is 0 Å². The lowest BCUT2D eigenvalue weighted by molar-refractivity contribution is 0.614. The minimum Gasteiger partial charge on any atom is -0.461 e. The molecule has 2 nitrogen and oxygen atoms in total. The van der Waals surface area contributed by atoms with Crippen molar-refractivity contribution in [1.29, 1.82) is 0 Å². The van der Waals surface area contributed by atoms with Gasteiger partial charge >= 0.3 is 0 Å². The zero-order valence-electron chi connectivity index (χ0n) is 5.34. The Morgan fingerprint density at radius 2 is 2.36 bits per heavy atom. The number of nitrogens with zero attached hydrogens (tertiary/aromatic N) is 1. The van der Waals surface area contributed by atoms with Crippen LogP contribution in [-0.4, -0.2) is 4.98 Å². The average molecular weight is 232 g/mol. The minimum atomic E-state index is 0.396. The van der Waals surface area contributed by atoms with E-state index in [4.69, 9.17) is 16.0 Å². The number of furan rings is 1. The Morgan fingerprint density at radius 3 is 3.09 bits per heavy atom. The minimum absolute atomic E-state index is 0.396. The van der Waals surface area contributed by atoms with Crippen molar-refractivity contribution in [2.75, 3.05) is 0 Å². The van der Waals surface area contributed by atoms with Gasteiger partial charge in [-0.25, -0.2) is 4.98 Å². The van der Waals surface area contributed by atoms with Gasteiger partial charge in [0.15, 0.2) is 10.7 Å². The van der Waals surface area contributed by atoms with E-state index < -0.39 is 0 Å². The SMILES string of the molecule is Clc1ncc(Br)c2ccoc12. The summed E-state index contributed by atoms with van der Waals surface area (Å²) < 4.78 is 6.00. The van der Waals surface area contributed by atoms with Crippen molar-refractivity contribution < 1.29 is 4.42 Å². The molecule has 56 valence electrons. The van der Waals surface area contributed by atoms with Crippen LogP contribution in [0.1, 0.15) is 0 Å². The van der Waals surface area contributed by atoms with E-state index in [2.05, 4.69) is 20.9 Å². The molecule has 4 heteroatoms.